The molecule has 0 radical (unpaired) electrons. The molecule has 1 fully saturated rings. The molecule has 0 aliphatic carbocycles. The van der Waals surface area contributed by atoms with E-state index in [1.807, 2.05) is 23.2 Å². The van der Waals surface area contributed by atoms with Crippen LogP contribution >= 0.6 is 0 Å². The van der Waals surface area contributed by atoms with Crippen LogP contribution < -0.4 is 16.0 Å². The van der Waals surface area contributed by atoms with Crippen LogP contribution in [-0.2, 0) is 9.84 Å². The maximum Gasteiger partial charge on any atom is 0.252 e. The summed E-state index contributed by atoms with van der Waals surface area (Å²) in [4.78, 5) is 23.2. The summed E-state index contributed by atoms with van der Waals surface area (Å²) in [6.45, 7) is 3.37. The summed E-state index contributed by atoms with van der Waals surface area (Å²) in [5, 5.41) is 16.9. The molecule has 5 rings (SSSR count). The average molecular weight is 517 g/mol. The highest BCUT2D eigenvalue weighted by Gasteiger charge is 2.32. The number of rotatable bonds is 6. The van der Waals surface area contributed by atoms with Crippen molar-refractivity contribution in [3.63, 3.8) is 0 Å². The number of anilines is 2. The Morgan fingerprint density at radius 2 is 1.84 bits per heavy atom. The van der Waals surface area contributed by atoms with E-state index in [-0.39, 0.29) is 22.4 Å². The molecule has 4 heterocycles. The smallest absolute Gasteiger partial charge is 0.252 e. The zero-order chi connectivity index (χ0) is 26.3. The Morgan fingerprint density at radius 3 is 2.46 bits per heavy atom. The molecular weight excluding hydrogens is 492 g/mol. The molecule has 1 aromatic carbocycles. The second kappa shape index (κ2) is 9.18. The molecule has 3 aromatic heterocycles. The van der Waals surface area contributed by atoms with Crippen LogP contribution in [0.3, 0.4) is 0 Å². The van der Waals surface area contributed by atoms with Gasteiger partial charge < -0.3 is 16.0 Å². The van der Waals surface area contributed by atoms with Gasteiger partial charge in [0.25, 0.3) is 5.91 Å². The Labute approximate surface area is 213 Å². The fourth-order valence-corrected chi connectivity index (χ4v) is 5.12. The van der Waals surface area contributed by atoms with Crippen molar-refractivity contribution >= 4 is 32.9 Å². The topological polar surface area (TPSA) is 159 Å². The molecule has 1 aliphatic heterocycles. The van der Waals surface area contributed by atoms with Crippen LogP contribution in [0, 0.1) is 17.2 Å². The number of amides is 1. The monoisotopic (exact) mass is 516 g/mol. The third-order valence-corrected chi connectivity index (χ3v) is 7.64. The molecule has 1 amide bonds. The van der Waals surface area contributed by atoms with E-state index < -0.39 is 15.7 Å². The van der Waals surface area contributed by atoms with E-state index in [1.54, 1.807) is 28.8 Å². The minimum atomic E-state index is -3.30. The van der Waals surface area contributed by atoms with Crippen molar-refractivity contribution in [3.05, 3.63) is 66.2 Å². The molecule has 1 saturated heterocycles. The SMILES string of the molecule is C[C@@H]1CN(c2ncc(C#N)cn2)C[C@H]1Nc1c(C(N)=O)cnn2cc(-c3ccc(S(C)(=O)=O)cc3)cc12. The maximum absolute atomic E-state index is 12.3. The van der Waals surface area contributed by atoms with E-state index >= 15 is 0 Å². The van der Waals surface area contributed by atoms with Crippen LogP contribution in [-0.4, -0.2) is 59.3 Å². The number of carbonyl (C=O) groups is 1. The van der Waals surface area contributed by atoms with Gasteiger partial charge in [-0.2, -0.15) is 10.4 Å². The van der Waals surface area contributed by atoms with Crippen molar-refractivity contribution in [2.75, 3.05) is 29.6 Å². The Morgan fingerprint density at radius 1 is 1.14 bits per heavy atom. The first-order valence-corrected chi connectivity index (χ1v) is 13.4. The largest absolute Gasteiger partial charge is 0.378 e. The molecular formula is C25H24N8O3S. The highest BCUT2D eigenvalue weighted by atomic mass is 32.2. The Bertz CT molecular complexity index is 1640. The molecule has 37 heavy (non-hydrogen) atoms. The molecule has 11 nitrogen and oxygen atoms in total. The number of carbonyl (C=O) groups excluding carboxylic acids is 1. The number of hydrogen-bond acceptors (Lipinski definition) is 9. The second-order valence-corrected chi connectivity index (χ2v) is 11.2. The normalized spacial score (nSPS) is 17.6. The maximum atomic E-state index is 12.3. The summed E-state index contributed by atoms with van der Waals surface area (Å²) in [5.41, 5.74) is 9.21. The zero-order valence-corrected chi connectivity index (χ0v) is 21.0. The first kappa shape index (κ1) is 24.2. The molecule has 0 saturated carbocycles. The van der Waals surface area contributed by atoms with Gasteiger partial charge in [-0.3, -0.25) is 4.79 Å². The number of nitrogens with two attached hydrogens (primary N) is 1. The highest BCUT2D eigenvalue weighted by molar-refractivity contribution is 7.90. The molecule has 0 spiro atoms. The number of sulfone groups is 1. The second-order valence-electron chi connectivity index (χ2n) is 9.17. The lowest BCUT2D eigenvalue weighted by molar-refractivity contribution is 0.100. The van der Waals surface area contributed by atoms with E-state index in [2.05, 4.69) is 27.3 Å². The lowest BCUT2D eigenvalue weighted by Gasteiger charge is -2.20. The first-order valence-electron chi connectivity index (χ1n) is 11.5. The van der Waals surface area contributed by atoms with E-state index in [0.717, 1.165) is 11.1 Å². The van der Waals surface area contributed by atoms with Gasteiger partial charge in [-0.15, -0.1) is 0 Å². The number of nitriles is 1. The quantitative estimate of drug-likeness (QED) is 0.391. The number of nitrogens with zero attached hydrogens (tertiary/aromatic N) is 6. The average Bonchev–Trinajstić information content (AvgIpc) is 3.47. The van der Waals surface area contributed by atoms with Crippen molar-refractivity contribution in [3.8, 4) is 17.2 Å². The van der Waals surface area contributed by atoms with Crippen LogP contribution in [0.4, 0.5) is 11.6 Å². The molecule has 1 aliphatic rings. The van der Waals surface area contributed by atoms with Crippen molar-refractivity contribution in [1.29, 1.82) is 5.26 Å². The third kappa shape index (κ3) is 4.68. The summed E-state index contributed by atoms with van der Waals surface area (Å²) in [6, 6.07) is 10.5. The van der Waals surface area contributed by atoms with Gasteiger partial charge in [0, 0.05) is 37.1 Å². The molecule has 4 aromatic rings. The summed E-state index contributed by atoms with van der Waals surface area (Å²) < 4.78 is 25.3. The predicted octanol–water partition coefficient (Wildman–Crippen LogP) is 2.10. The minimum Gasteiger partial charge on any atom is -0.378 e. The molecule has 0 bridgehead atoms. The highest BCUT2D eigenvalue weighted by Crippen LogP contribution is 2.32. The van der Waals surface area contributed by atoms with Crippen LogP contribution in [0.5, 0.6) is 0 Å². The Kier molecular flexibility index (Phi) is 6.01. The van der Waals surface area contributed by atoms with Gasteiger partial charge in [0.15, 0.2) is 9.84 Å². The fraction of sp³-hybridized carbons (Fsp3) is 0.240. The number of aromatic nitrogens is 4. The lowest BCUT2D eigenvalue weighted by atomic mass is 10.0. The minimum absolute atomic E-state index is 0.0454. The van der Waals surface area contributed by atoms with E-state index in [0.29, 0.717) is 35.8 Å². The van der Waals surface area contributed by atoms with Crippen molar-refractivity contribution < 1.29 is 13.2 Å². The van der Waals surface area contributed by atoms with E-state index in [4.69, 9.17) is 11.0 Å². The van der Waals surface area contributed by atoms with Gasteiger partial charge in [-0.1, -0.05) is 19.1 Å². The van der Waals surface area contributed by atoms with Gasteiger partial charge in [0.1, 0.15) is 6.07 Å². The van der Waals surface area contributed by atoms with Crippen LogP contribution in [0.2, 0.25) is 0 Å². The van der Waals surface area contributed by atoms with Gasteiger partial charge >= 0.3 is 0 Å². The predicted molar refractivity (Wildman–Crippen MR) is 138 cm³/mol. The van der Waals surface area contributed by atoms with E-state index in [1.165, 1.54) is 24.8 Å². The molecule has 2 atom stereocenters. The lowest BCUT2D eigenvalue weighted by Crippen LogP contribution is -2.30. The standard InChI is InChI=1S/C25H24N8O3S/c1-15-12-32(25-28-9-16(8-26)10-29-25)14-21(15)31-23-20(24(27)34)11-30-33-13-18(7-22(23)33)17-3-5-19(6-4-17)37(2,35)36/h3-7,9-11,13,15,21,31H,12,14H2,1-2H3,(H2,27,34)/t15-,21-/m1/s1. The van der Waals surface area contributed by atoms with Gasteiger partial charge in [0.2, 0.25) is 5.95 Å². The van der Waals surface area contributed by atoms with Crippen LogP contribution in [0.15, 0.2) is 60.0 Å². The molecule has 12 heteroatoms. The van der Waals surface area contributed by atoms with Crippen LogP contribution in [0.1, 0.15) is 22.8 Å². The number of fused-ring (bicyclic) bond motifs is 1. The summed E-state index contributed by atoms with van der Waals surface area (Å²) in [6.07, 6.45) is 7.41. The van der Waals surface area contributed by atoms with Gasteiger partial charge in [-0.25, -0.2) is 22.9 Å². The summed E-state index contributed by atoms with van der Waals surface area (Å²) in [7, 11) is -3.30. The van der Waals surface area contributed by atoms with E-state index in [9.17, 15) is 13.2 Å². The van der Waals surface area contributed by atoms with Crippen LogP contribution in [0.25, 0.3) is 16.6 Å². The molecule has 3 N–H and O–H groups in total. The fourth-order valence-electron chi connectivity index (χ4n) is 4.49. The van der Waals surface area contributed by atoms with Crippen molar-refractivity contribution in [2.24, 2.45) is 11.7 Å². The summed E-state index contributed by atoms with van der Waals surface area (Å²) in [5.74, 6) is 0.120. The van der Waals surface area contributed by atoms with Gasteiger partial charge in [0.05, 0.1) is 45.8 Å². The van der Waals surface area contributed by atoms with Crippen molar-refractivity contribution in [1.82, 2.24) is 19.6 Å². The number of benzene rings is 1. The Hall–Kier alpha value is -4.50. The molecule has 0 unspecified atom stereocenters. The summed E-state index contributed by atoms with van der Waals surface area (Å²) >= 11 is 0. The number of nitrogens with one attached hydrogen (secondary N) is 1. The van der Waals surface area contributed by atoms with Crippen molar-refractivity contribution in [2.45, 2.75) is 17.9 Å². The first-order chi connectivity index (χ1) is 17.6. The third-order valence-electron chi connectivity index (χ3n) is 6.51. The number of primary amides is 1. The zero-order valence-electron chi connectivity index (χ0n) is 20.2. The van der Waals surface area contributed by atoms with Gasteiger partial charge in [-0.05, 0) is 29.7 Å². The number of hydrogen-bond donors (Lipinski definition) is 2. The molecule has 188 valence electrons. The Balaban J connectivity index is 1.47.